The molecule has 14 heavy (non-hydrogen) atoms. The van der Waals surface area contributed by atoms with E-state index in [1.54, 1.807) is 0 Å². The molecule has 0 saturated carbocycles. The summed E-state index contributed by atoms with van der Waals surface area (Å²) in [6.07, 6.45) is 4.54. The zero-order chi connectivity index (χ0) is 11.0. The van der Waals surface area contributed by atoms with Crippen LogP contribution in [-0.2, 0) is 4.79 Å². The predicted octanol–water partition coefficient (Wildman–Crippen LogP) is 1.81. The maximum atomic E-state index is 11.5. The number of nitrogens with one attached hydrogen (secondary N) is 1. The molecule has 1 amide bonds. The Balaban J connectivity index is 3.69. The van der Waals surface area contributed by atoms with Gasteiger partial charge in [-0.3, -0.25) is 4.79 Å². The summed E-state index contributed by atoms with van der Waals surface area (Å²) in [4.78, 5) is 11.5. The minimum atomic E-state index is -0.0610. The van der Waals surface area contributed by atoms with E-state index >= 15 is 0 Å². The summed E-state index contributed by atoms with van der Waals surface area (Å²) >= 11 is 0. The van der Waals surface area contributed by atoms with Crippen LogP contribution in [0.3, 0.4) is 0 Å². The molecular weight excluding hydrogens is 176 g/mol. The van der Waals surface area contributed by atoms with E-state index in [0.717, 1.165) is 25.7 Å². The van der Waals surface area contributed by atoms with Crippen LogP contribution in [0.5, 0.6) is 0 Å². The zero-order valence-electron chi connectivity index (χ0n) is 9.73. The number of rotatable bonds is 7. The van der Waals surface area contributed by atoms with Crippen molar-refractivity contribution in [1.29, 1.82) is 0 Å². The second kappa shape index (κ2) is 6.82. The second-order valence-corrected chi connectivity index (χ2v) is 4.43. The van der Waals surface area contributed by atoms with Gasteiger partial charge in [0.25, 0.3) is 0 Å². The summed E-state index contributed by atoms with van der Waals surface area (Å²) in [6, 6.07) is 0. The summed E-state index contributed by atoms with van der Waals surface area (Å²) in [5, 5.41) is 3.04. The molecule has 0 bridgehead atoms. The van der Waals surface area contributed by atoms with E-state index in [0.29, 0.717) is 13.0 Å². The molecule has 0 aliphatic heterocycles. The first-order valence-electron chi connectivity index (χ1n) is 5.53. The smallest absolute Gasteiger partial charge is 0.220 e. The van der Waals surface area contributed by atoms with Gasteiger partial charge in [0.05, 0.1) is 0 Å². The summed E-state index contributed by atoms with van der Waals surface area (Å²) in [5.41, 5.74) is 5.30. The lowest BCUT2D eigenvalue weighted by molar-refractivity contribution is -0.122. The van der Waals surface area contributed by atoms with Crippen LogP contribution in [-0.4, -0.2) is 18.0 Å². The molecule has 3 heteroatoms. The third kappa shape index (κ3) is 6.89. The molecule has 0 unspecified atom stereocenters. The van der Waals surface area contributed by atoms with Gasteiger partial charge in [0.1, 0.15) is 0 Å². The first-order valence-corrected chi connectivity index (χ1v) is 5.53. The molecule has 0 radical (unpaired) electrons. The fourth-order valence-electron chi connectivity index (χ4n) is 1.56. The molecular formula is C11H24N2O. The van der Waals surface area contributed by atoms with Crippen LogP contribution in [0.2, 0.25) is 0 Å². The predicted molar refractivity (Wildman–Crippen MR) is 60.0 cm³/mol. The molecule has 0 heterocycles. The fourth-order valence-corrected chi connectivity index (χ4v) is 1.56. The van der Waals surface area contributed by atoms with Gasteiger partial charge in [-0.25, -0.2) is 0 Å². The molecule has 0 rings (SSSR count). The second-order valence-electron chi connectivity index (χ2n) is 4.43. The van der Waals surface area contributed by atoms with Gasteiger partial charge in [-0.1, -0.05) is 13.3 Å². The van der Waals surface area contributed by atoms with Crippen LogP contribution >= 0.6 is 0 Å². The van der Waals surface area contributed by atoms with Crippen molar-refractivity contribution in [3.05, 3.63) is 0 Å². The van der Waals surface area contributed by atoms with Crippen molar-refractivity contribution >= 4 is 5.91 Å². The third-order valence-corrected chi connectivity index (χ3v) is 2.21. The molecule has 0 aliphatic carbocycles. The molecule has 0 aromatic carbocycles. The molecule has 3 N–H and O–H groups in total. The quantitative estimate of drug-likeness (QED) is 0.616. The monoisotopic (exact) mass is 200 g/mol. The van der Waals surface area contributed by atoms with Crippen LogP contribution in [0, 0.1) is 0 Å². The summed E-state index contributed by atoms with van der Waals surface area (Å²) in [6.45, 7) is 6.93. The number of hydrogen-bond donors (Lipinski definition) is 2. The summed E-state index contributed by atoms with van der Waals surface area (Å²) < 4.78 is 0. The molecule has 0 aliphatic rings. The largest absolute Gasteiger partial charge is 0.351 e. The highest BCUT2D eigenvalue weighted by molar-refractivity contribution is 5.76. The van der Waals surface area contributed by atoms with Crippen LogP contribution in [0.1, 0.15) is 52.9 Å². The Kier molecular flexibility index (Phi) is 6.54. The van der Waals surface area contributed by atoms with Gasteiger partial charge in [0.15, 0.2) is 0 Å². The van der Waals surface area contributed by atoms with E-state index in [2.05, 4.69) is 26.1 Å². The Morgan fingerprint density at radius 1 is 1.36 bits per heavy atom. The van der Waals surface area contributed by atoms with Gasteiger partial charge in [-0.2, -0.15) is 0 Å². The molecule has 84 valence electrons. The van der Waals surface area contributed by atoms with E-state index < -0.39 is 0 Å². The molecule has 0 spiro atoms. The number of carbonyl (C=O) groups is 1. The van der Waals surface area contributed by atoms with Gasteiger partial charge >= 0.3 is 0 Å². The fraction of sp³-hybridized carbons (Fsp3) is 0.909. The first-order chi connectivity index (χ1) is 6.52. The molecule has 0 aromatic rings. The first kappa shape index (κ1) is 13.4. The SMILES string of the molecule is CCCC(C)(C)NC(=O)CCCCN. The molecule has 0 saturated heterocycles. The van der Waals surface area contributed by atoms with Crippen LogP contribution < -0.4 is 11.1 Å². The highest BCUT2D eigenvalue weighted by atomic mass is 16.1. The van der Waals surface area contributed by atoms with Crippen molar-refractivity contribution in [3.8, 4) is 0 Å². The van der Waals surface area contributed by atoms with Gasteiger partial charge in [0, 0.05) is 12.0 Å². The van der Waals surface area contributed by atoms with E-state index in [1.807, 2.05) is 0 Å². The minimum absolute atomic E-state index is 0.0610. The average molecular weight is 200 g/mol. The molecule has 0 aromatic heterocycles. The lowest BCUT2D eigenvalue weighted by Gasteiger charge is -2.25. The average Bonchev–Trinajstić information content (AvgIpc) is 2.03. The Labute approximate surface area is 87.4 Å². The van der Waals surface area contributed by atoms with Crippen molar-refractivity contribution in [1.82, 2.24) is 5.32 Å². The van der Waals surface area contributed by atoms with Crippen molar-refractivity contribution < 1.29 is 4.79 Å². The standard InChI is InChI=1S/C11H24N2O/c1-4-8-11(2,3)13-10(14)7-5-6-9-12/h4-9,12H2,1-3H3,(H,13,14). The van der Waals surface area contributed by atoms with E-state index in [1.165, 1.54) is 0 Å². The van der Waals surface area contributed by atoms with E-state index in [4.69, 9.17) is 5.73 Å². The topological polar surface area (TPSA) is 55.1 Å². The van der Waals surface area contributed by atoms with E-state index in [-0.39, 0.29) is 11.4 Å². The van der Waals surface area contributed by atoms with Crippen molar-refractivity contribution in [2.24, 2.45) is 5.73 Å². The minimum Gasteiger partial charge on any atom is -0.351 e. The highest BCUT2D eigenvalue weighted by Gasteiger charge is 2.18. The van der Waals surface area contributed by atoms with Crippen LogP contribution in [0.4, 0.5) is 0 Å². The van der Waals surface area contributed by atoms with Crippen LogP contribution in [0.25, 0.3) is 0 Å². The maximum Gasteiger partial charge on any atom is 0.220 e. The normalized spacial score (nSPS) is 11.4. The van der Waals surface area contributed by atoms with Crippen LogP contribution in [0.15, 0.2) is 0 Å². The molecule has 0 fully saturated rings. The third-order valence-electron chi connectivity index (χ3n) is 2.21. The number of nitrogens with two attached hydrogens (primary N) is 1. The number of carbonyl (C=O) groups excluding carboxylic acids is 1. The zero-order valence-corrected chi connectivity index (χ0v) is 9.73. The van der Waals surface area contributed by atoms with Crippen molar-refractivity contribution in [2.45, 2.75) is 58.4 Å². The maximum absolute atomic E-state index is 11.5. The number of amides is 1. The van der Waals surface area contributed by atoms with Crippen molar-refractivity contribution in [3.63, 3.8) is 0 Å². The highest BCUT2D eigenvalue weighted by Crippen LogP contribution is 2.11. The van der Waals surface area contributed by atoms with Gasteiger partial charge in [0.2, 0.25) is 5.91 Å². The summed E-state index contributed by atoms with van der Waals surface area (Å²) in [5.74, 6) is 0.150. The molecule has 0 atom stereocenters. The lowest BCUT2D eigenvalue weighted by atomic mass is 9.98. The Morgan fingerprint density at radius 3 is 2.50 bits per heavy atom. The Morgan fingerprint density at radius 2 is 2.00 bits per heavy atom. The van der Waals surface area contributed by atoms with Gasteiger partial charge < -0.3 is 11.1 Å². The van der Waals surface area contributed by atoms with Crippen molar-refractivity contribution in [2.75, 3.05) is 6.54 Å². The summed E-state index contributed by atoms with van der Waals surface area (Å²) in [7, 11) is 0. The van der Waals surface area contributed by atoms with E-state index in [9.17, 15) is 4.79 Å². The Hall–Kier alpha value is -0.570. The number of unbranched alkanes of at least 4 members (excludes halogenated alkanes) is 1. The molecule has 3 nitrogen and oxygen atoms in total. The lowest BCUT2D eigenvalue weighted by Crippen LogP contribution is -2.43. The van der Waals surface area contributed by atoms with Gasteiger partial charge in [-0.05, 0) is 39.7 Å². The Bertz CT molecular complexity index is 167. The van der Waals surface area contributed by atoms with Gasteiger partial charge in [-0.15, -0.1) is 0 Å². The number of hydrogen-bond acceptors (Lipinski definition) is 2.